The van der Waals surface area contributed by atoms with Crippen molar-refractivity contribution in [2.75, 3.05) is 41.5 Å². The number of nitrogens with one attached hydrogen (secondary N) is 1. The molecule has 0 aromatic heterocycles. The molecule has 0 atom stereocenters. The van der Waals surface area contributed by atoms with Crippen molar-refractivity contribution in [2.45, 2.75) is 19.9 Å². The SMILES string of the molecule is CCNC(=NCCc1ccc(OC)c(OC)c1OC)N(C)Cc1ccccc1. The number of guanidine groups is 1. The maximum Gasteiger partial charge on any atom is 0.203 e. The first-order valence-electron chi connectivity index (χ1n) is 9.45. The quantitative estimate of drug-likeness (QED) is 0.530. The Balaban J connectivity index is 2.11. The van der Waals surface area contributed by atoms with Gasteiger partial charge in [0.15, 0.2) is 17.5 Å². The second-order valence-electron chi connectivity index (χ2n) is 6.32. The fraction of sp³-hybridized carbons (Fsp3) is 0.409. The van der Waals surface area contributed by atoms with Crippen LogP contribution in [0.5, 0.6) is 17.2 Å². The normalized spacial score (nSPS) is 11.1. The number of aliphatic imine (C=N–C) groups is 1. The number of nitrogens with zero attached hydrogens (tertiary/aromatic N) is 2. The minimum Gasteiger partial charge on any atom is -0.493 e. The fourth-order valence-electron chi connectivity index (χ4n) is 3.04. The second-order valence-corrected chi connectivity index (χ2v) is 6.32. The minimum absolute atomic E-state index is 0.611. The molecule has 28 heavy (non-hydrogen) atoms. The summed E-state index contributed by atoms with van der Waals surface area (Å²) in [6.45, 7) is 4.32. The molecule has 0 unspecified atom stereocenters. The zero-order valence-electron chi connectivity index (χ0n) is 17.5. The minimum atomic E-state index is 0.611. The molecule has 0 aliphatic carbocycles. The molecule has 152 valence electrons. The summed E-state index contributed by atoms with van der Waals surface area (Å²) < 4.78 is 16.4. The Hall–Kier alpha value is -2.89. The van der Waals surface area contributed by atoms with E-state index in [4.69, 9.17) is 19.2 Å². The lowest BCUT2D eigenvalue weighted by Gasteiger charge is -2.22. The Morgan fingerprint density at radius 3 is 2.29 bits per heavy atom. The van der Waals surface area contributed by atoms with Gasteiger partial charge < -0.3 is 24.4 Å². The van der Waals surface area contributed by atoms with Gasteiger partial charge in [-0.1, -0.05) is 36.4 Å². The maximum atomic E-state index is 5.56. The highest BCUT2D eigenvalue weighted by atomic mass is 16.5. The highest BCUT2D eigenvalue weighted by molar-refractivity contribution is 5.79. The van der Waals surface area contributed by atoms with Gasteiger partial charge in [-0.15, -0.1) is 0 Å². The molecule has 2 rings (SSSR count). The van der Waals surface area contributed by atoms with E-state index in [0.29, 0.717) is 23.8 Å². The van der Waals surface area contributed by atoms with E-state index in [0.717, 1.165) is 31.0 Å². The maximum absolute atomic E-state index is 5.56. The van der Waals surface area contributed by atoms with Gasteiger partial charge in [0, 0.05) is 32.2 Å². The van der Waals surface area contributed by atoms with Crippen molar-refractivity contribution in [1.82, 2.24) is 10.2 Å². The summed E-state index contributed by atoms with van der Waals surface area (Å²) in [5, 5.41) is 3.36. The lowest BCUT2D eigenvalue weighted by Crippen LogP contribution is -2.38. The molecule has 0 saturated carbocycles. The average molecular weight is 386 g/mol. The molecule has 2 aromatic carbocycles. The molecule has 0 aliphatic rings. The van der Waals surface area contributed by atoms with Gasteiger partial charge >= 0.3 is 0 Å². The molecular weight excluding hydrogens is 354 g/mol. The first kappa shape index (κ1) is 21.4. The van der Waals surface area contributed by atoms with Gasteiger partial charge in [-0.2, -0.15) is 0 Å². The Kier molecular flexibility index (Phi) is 8.46. The van der Waals surface area contributed by atoms with Crippen LogP contribution in [0.15, 0.2) is 47.5 Å². The zero-order chi connectivity index (χ0) is 20.4. The second kappa shape index (κ2) is 11.1. The summed E-state index contributed by atoms with van der Waals surface area (Å²) in [4.78, 5) is 6.91. The molecule has 0 fully saturated rings. The van der Waals surface area contributed by atoms with E-state index in [2.05, 4.69) is 41.4 Å². The van der Waals surface area contributed by atoms with Gasteiger partial charge in [0.2, 0.25) is 5.75 Å². The van der Waals surface area contributed by atoms with Crippen LogP contribution in [0.25, 0.3) is 0 Å². The van der Waals surface area contributed by atoms with Gasteiger partial charge in [-0.05, 0) is 25.0 Å². The van der Waals surface area contributed by atoms with E-state index in [-0.39, 0.29) is 0 Å². The van der Waals surface area contributed by atoms with Gasteiger partial charge in [0.25, 0.3) is 0 Å². The lowest BCUT2D eigenvalue weighted by molar-refractivity contribution is 0.322. The molecule has 0 spiro atoms. The molecule has 0 saturated heterocycles. The summed E-state index contributed by atoms with van der Waals surface area (Å²) in [6.07, 6.45) is 0.734. The standard InChI is InChI=1S/C22H31N3O3/c1-6-23-22(25(2)16-17-10-8-7-9-11-17)24-15-14-18-12-13-19(26-3)21(28-5)20(18)27-4/h7-13H,6,14-16H2,1-5H3,(H,23,24). The summed E-state index contributed by atoms with van der Waals surface area (Å²) >= 11 is 0. The first-order valence-corrected chi connectivity index (χ1v) is 9.45. The Morgan fingerprint density at radius 2 is 1.68 bits per heavy atom. The third-order valence-electron chi connectivity index (χ3n) is 4.39. The number of benzene rings is 2. The third-order valence-corrected chi connectivity index (χ3v) is 4.39. The monoisotopic (exact) mass is 385 g/mol. The van der Waals surface area contributed by atoms with Gasteiger partial charge in [0.1, 0.15) is 0 Å². The van der Waals surface area contributed by atoms with E-state index in [1.54, 1.807) is 21.3 Å². The summed E-state index contributed by atoms with van der Waals surface area (Å²) in [5.41, 5.74) is 2.28. The van der Waals surface area contributed by atoms with E-state index in [1.165, 1.54) is 5.56 Å². The van der Waals surface area contributed by atoms with Crippen LogP contribution in [0.1, 0.15) is 18.1 Å². The number of ether oxygens (including phenoxy) is 3. The van der Waals surface area contributed by atoms with Crippen molar-refractivity contribution in [1.29, 1.82) is 0 Å². The molecule has 0 amide bonds. The van der Waals surface area contributed by atoms with Crippen LogP contribution in [0.4, 0.5) is 0 Å². The number of rotatable bonds is 9. The molecule has 1 N–H and O–H groups in total. The topological polar surface area (TPSA) is 55.3 Å². The summed E-state index contributed by atoms with van der Waals surface area (Å²) in [5.74, 6) is 2.84. The smallest absolute Gasteiger partial charge is 0.203 e. The van der Waals surface area contributed by atoms with Crippen molar-refractivity contribution in [3.63, 3.8) is 0 Å². The van der Waals surface area contributed by atoms with Crippen molar-refractivity contribution >= 4 is 5.96 Å². The van der Waals surface area contributed by atoms with Crippen LogP contribution >= 0.6 is 0 Å². The molecule has 6 heteroatoms. The van der Waals surface area contributed by atoms with Gasteiger partial charge in [-0.25, -0.2) is 0 Å². The number of hydrogen-bond donors (Lipinski definition) is 1. The number of hydrogen-bond acceptors (Lipinski definition) is 4. The predicted octanol–water partition coefficient (Wildman–Crippen LogP) is 3.35. The highest BCUT2D eigenvalue weighted by Gasteiger charge is 2.15. The molecule has 0 radical (unpaired) electrons. The Labute approximate surface area is 168 Å². The molecule has 0 heterocycles. The molecular formula is C22H31N3O3. The van der Waals surface area contributed by atoms with Crippen LogP contribution in [0, 0.1) is 0 Å². The zero-order valence-corrected chi connectivity index (χ0v) is 17.5. The average Bonchev–Trinajstić information content (AvgIpc) is 2.73. The van der Waals surface area contributed by atoms with Crippen LogP contribution in [-0.2, 0) is 13.0 Å². The van der Waals surface area contributed by atoms with Crippen molar-refractivity contribution in [3.05, 3.63) is 53.6 Å². The van der Waals surface area contributed by atoms with Gasteiger partial charge in [0.05, 0.1) is 21.3 Å². The fourth-order valence-corrected chi connectivity index (χ4v) is 3.04. The van der Waals surface area contributed by atoms with Crippen LogP contribution in [0.3, 0.4) is 0 Å². The Morgan fingerprint density at radius 1 is 0.964 bits per heavy atom. The van der Waals surface area contributed by atoms with E-state index in [9.17, 15) is 0 Å². The van der Waals surface area contributed by atoms with Crippen molar-refractivity contribution < 1.29 is 14.2 Å². The van der Waals surface area contributed by atoms with E-state index < -0.39 is 0 Å². The van der Waals surface area contributed by atoms with Crippen molar-refractivity contribution in [3.8, 4) is 17.2 Å². The first-order chi connectivity index (χ1) is 13.6. The van der Waals surface area contributed by atoms with Gasteiger partial charge in [-0.3, -0.25) is 4.99 Å². The highest BCUT2D eigenvalue weighted by Crippen LogP contribution is 2.39. The predicted molar refractivity (Wildman–Crippen MR) is 114 cm³/mol. The molecule has 0 bridgehead atoms. The lowest BCUT2D eigenvalue weighted by atomic mass is 10.1. The van der Waals surface area contributed by atoms with Crippen LogP contribution in [0.2, 0.25) is 0 Å². The summed E-state index contributed by atoms with van der Waals surface area (Å²) in [6, 6.07) is 14.3. The Bertz CT molecular complexity index is 763. The van der Waals surface area contributed by atoms with E-state index in [1.807, 2.05) is 25.2 Å². The third kappa shape index (κ3) is 5.55. The van der Waals surface area contributed by atoms with Crippen LogP contribution < -0.4 is 19.5 Å². The molecule has 6 nitrogen and oxygen atoms in total. The van der Waals surface area contributed by atoms with Crippen LogP contribution in [-0.4, -0.2) is 52.3 Å². The molecule has 2 aromatic rings. The number of methoxy groups -OCH3 is 3. The summed E-state index contributed by atoms with van der Waals surface area (Å²) in [7, 11) is 6.92. The molecule has 0 aliphatic heterocycles. The largest absolute Gasteiger partial charge is 0.493 e. The van der Waals surface area contributed by atoms with E-state index >= 15 is 0 Å². The van der Waals surface area contributed by atoms with Crippen molar-refractivity contribution in [2.24, 2.45) is 4.99 Å².